The number of carbonyl (C=O) groups is 1. The lowest BCUT2D eigenvalue weighted by Crippen LogP contribution is -2.52. The molecule has 0 saturated carbocycles. The standard InChI is InChI=1S/C15H27N5OS/c1-4-19-5-7-20(8-6-19)12(2)9-16-15(21)17-10-14-11-22-13(3)18-14/h11-12H,4-10H2,1-3H3,(H2,16,17,21)/t12-/m0/s1. The van der Waals surface area contributed by atoms with E-state index in [9.17, 15) is 4.79 Å². The number of nitrogens with one attached hydrogen (secondary N) is 2. The molecule has 1 atom stereocenters. The van der Waals surface area contributed by atoms with Gasteiger partial charge in [-0.25, -0.2) is 9.78 Å². The monoisotopic (exact) mass is 325 g/mol. The molecule has 7 heteroatoms. The van der Waals surface area contributed by atoms with Gasteiger partial charge in [0.05, 0.1) is 17.2 Å². The molecule has 22 heavy (non-hydrogen) atoms. The van der Waals surface area contributed by atoms with Crippen LogP contribution in [0.25, 0.3) is 0 Å². The molecule has 2 heterocycles. The van der Waals surface area contributed by atoms with Gasteiger partial charge in [0.15, 0.2) is 0 Å². The van der Waals surface area contributed by atoms with Gasteiger partial charge in [0.1, 0.15) is 0 Å². The number of piperazine rings is 1. The summed E-state index contributed by atoms with van der Waals surface area (Å²) in [6.07, 6.45) is 0. The molecule has 0 spiro atoms. The fraction of sp³-hybridized carbons (Fsp3) is 0.733. The van der Waals surface area contributed by atoms with Gasteiger partial charge in [-0.1, -0.05) is 6.92 Å². The SMILES string of the molecule is CCN1CCN([C@@H](C)CNC(=O)NCc2csc(C)n2)CC1. The first kappa shape index (κ1) is 17.2. The molecule has 0 radical (unpaired) electrons. The number of thiazole rings is 1. The highest BCUT2D eigenvalue weighted by Crippen LogP contribution is 2.07. The molecular formula is C15H27N5OS. The van der Waals surface area contributed by atoms with Crippen LogP contribution in [0.2, 0.25) is 0 Å². The fourth-order valence-electron chi connectivity index (χ4n) is 2.61. The summed E-state index contributed by atoms with van der Waals surface area (Å²) in [7, 11) is 0. The van der Waals surface area contributed by atoms with Crippen LogP contribution >= 0.6 is 11.3 Å². The predicted octanol–water partition coefficient (Wildman–Crippen LogP) is 1.28. The lowest BCUT2D eigenvalue weighted by Gasteiger charge is -2.37. The van der Waals surface area contributed by atoms with E-state index in [1.54, 1.807) is 11.3 Å². The number of rotatable bonds is 6. The zero-order valence-corrected chi connectivity index (χ0v) is 14.6. The summed E-state index contributed by atoms with van der Waals surface area (Å²) in [5.41, 5.74) is 0.918. The van der Waals surface area contributed by atoms with Crippen molar-refractivity contribution in [1.82, 2.24) is 25.4 Å². The maximum atomic E-state index is 11.8. The molecule has 0 aromatic carbocycles. The fourth-order valence-corrected chi connectivity index (χ4v) is 3.23. The lowest BCUT2D eigenvalue weighted by molar-refractivity contribution is 0.106. The zero-order chi connectivity index (χ0) is 15.9. The Bertz CT molecular complexity index is 470. The van der Waals surface area contributed by atoms with Crippen molar-refractivity contribution >= 4 is 17.4 Å². The predicted molar refractivity (Wildman–Crippen MR) is 90.2 cm³/mol. The molecule has 1 aromatic heterocycles. The molecule has 2 rings (SSSR count). The molecule has 1 aliphatic heterocycles. The van der Waals surface area contributed by atoms with Gasteiger partial charge in [-0.05, 0) is 20.4 Å². The quantitative estimate of drug-likeness (QED) is 0.827. The number of amides is 2. The summed E-state index contributed by atoms with van der Waals surface area (Å²) in [6.45, 7) is 13.0. The Morgan fingerprint density at radius 1 is 1.36 bits per heavy atom. The normalized spacial score (nSPS) is 18.1. The highest BCUT2D eigenvalue weighted by atomic mass is 32.1. The van der Waals surface area contributed by atoms with Crippen LogP contribution in [-0.4, -0.2) is 66.1 Å². The van der Waals surface area contributed by atoms with Gasteiger partial charge in [-0.2, -0.15) is 0 Å². The van der Waals surface area contributed by atoms with E-state index in [2.05, 4.69) is 39.3 Å². The van der Waals surface area contributed by atoms with Gasteiger partial charge in [0, 0.05) is 44.1 Å². The number of hydrogen-bond donors (Lipinski definition) is 2. The van der Waals surface area contributed by atoms with E-state index in [-0.39, 0.29) is 6.03 Å². The van der Waals surface area contributed by atoms with E-state index in [1.807, 2.05) is 12.3 Å². The molecule has 2 N–H and O–H groups in total. The minimum Gasteiger partial charge on any atom is -0.337 e. The Morgan fingerprint density at radius 2 is 2.09 bits per heavy atom. The van der Waals surface area contributed by atoms with Crippen molar-refractivity contribution in [3.8, 4) is 0 Å². The summed E-state index contributed by atoms with van der Waals surface area (Å²) >= 11 is 1.60. The van der Waals surface area contributed by atoms with Crippen LogP contribution in [0.1, 0.15) is 24.5 Å². The molecule has 124 valence electrons. The molecule has 1 aromatic rings. The second-order valence-electron chi connectivity index (χ2n) is 5.74. The topological polar surface area (TPSA) is 60.5 Å². The van der Waals surface area contributed by atoms with Crippen LogP contribution in [0.4, 0.5) is 4.79 Å². The van der Waals surface area contributed by atoms with Crippen LogP contribution in [-0.2, 0) is 6.54 Å². The highest BCUT2D eigenvalue weighted by molar-refractivity contribution is 7.09. The largest absolute Gasteiger partial charge is 0.337 e. The average Bonchev–Trinajstić information content (AvgIpc) is 2.96. The molecule has 1 aliphatic rings. The second kappa shape index (κ2) is 8.45. The summed E-state index contributed by atoms with van der Waals surface area (Å²) in [5, 5.41) is 8.81. The Labute approximate surface area is 136 Å². The van der Waals surface area contributed by atoms with E-state index < -0.39 is 0 Å². The van der Waals surface area contributed by atoms with Crippen molar-refractivity contribution in [2.45, 2.75) is 33.4 Å². The first-order valence-electron chi connectivity index (χ1n) is 7.97. The highest BCUT2D eigenvalue weighted by Gasteiger charge is 2.20. The minimum absolute atomic E-state index is 0.121. The van der Waals surface area contributed by atoms with Gasteiger partial charge in [-0.3, -0.25) is 4.90 Å². The summed E-state index contributed by atoms with van der Waals surface area (Å²) in [6, 6.07) is 0.246. The zero-order valence-electron chi connectivity index (χ0n) is 13.8. The Kier molecular flexibility index (Phi) is 6.60. The lowest BCUT2D eigenvalue weighted by atomic mass is 10.2. The maximum Gasteiger partial charge on any atom is 0.315 e. The molecule has 6 nitrogen and oxygen atoms in total. The number of urea groups is 1. The molecule has 1 saturated heterocycles. The van der Waals surface area contributed by atoms with Crippen LogP contribution < -0.4 is 10.6 Å². The maximum absolute atomic E-state index is 11.8. The van der Waals surface area contributed by atoms with E-state index in [1.165, 1.54) is 0 Å². The molecule has 0 unspecified atom stereocenters. The molecule has 0 bridgehead atoms. The van der Waals surface area contributed by atoms with Gasteiger partial charge in [0.2, 0.25) is 0 Å². The van der Waals surface area contributed by atoms with Crippen molar-refractivity contribution in [2.75, 3.05) is 39.3 Å². The van der Waals surface area contributed by atoms with Crippen molar-refractivity contribution in [3.05, 3.63) is 16.1 Å². The number of nitrogens with zero attached hydrogens (tertiary/aromatic N) is 3. The number of hydrogen-bond acceptors (Lipinski definition) is 5. The number of likely N-dealkylation sites (N-methyl/N-ethyl adjacent to an activating group) is 1. The first-order valence-corrected chi connectivity index (χ1v) is 8.85. The van der Waals surface area contributed by atoms with Gasteiger partial charge < -0.3 is 15.5 Å². The molecule has 2 amide bonds. The Hall–Kier alpha value is -1.18. The van der Waals surface area contributed by atoms with Crippen molar-refractivity contribution < 1.29 is 4.79 Å². The third-order valence-corrected chi connectivity index (χ3v) is 4.95. The second-order valence-corrected chi connectivity index (χ2v) is 6.80. The van der Waals surface area contributed by atoms with Crippen molar-refractivity contribution in [2.24, 2.45) is 0 Å². The van der Waals surface area contributed by atoms with Crippen LogP contribution in [0, 0.1) is 6.92 Å². The molecule has 1 fully saturated rings. The third-order valence-electron chi connectivity index (χ3n) is 4.13. The summed E-state index contributed by atoms with van der Waals surface area (Å²) in [5.74, 6) is 0. The van der Waals surface area contributed by atoms with E-state index in [4.69, 9.17) is 0 Å². The average molecular weight is 325 g/mol. The van der Waals surface area contributed by atoms with Crippen LogP contribution in [0.15, 0.2) is 5.38 Å². The van der Waals surface area contributed by atoms with Crippen molar-refractivity contribution in [3.63, 3.8) is 0 Å². The van der Waals surface area contributed by atoms with E-state index in [0.29, 0.717) is 19.1 Å². The third kappa shape index (κ3) is 5.23. The Balaban J connectivity index is 1.63. The number of aromatic nitrogens is 1. The summed E-state index contributed by atoms with van der Waals surface area (Å²) < 4.78 is 0. The van der Waals surface area contributed by atoms with E-state index >= 15 is 0 Å². The number of aryl methyl sites for hydroxylation is 1. The van der Waals surface area contributed by atoms with E-state index in [0.717, 1.165) is 43.4 Å². The van der Waals surface area contributed by atoms with Gasteiger partial charge >= 0.3 is 6.03 Å². The van der Waals surface area contributed by atoms with Gasteiger partial charge in [0.25, 0.3) is 0 Å². The smallest absolute Gasteiger partial charge is 0.315 e. The van der Waals surface area contributed by atoms with Crippen molar-refractivity contribution in [1.29, 1.82) is 0 Å². The van der Waals surface area contributed by atoms with Crippen LogP contribution in [0.3, 0.4) is 0 Å². The molecular weight excluding hydrogens is 298 g/mol. The summed E-state index contributed by atoms with van der Waals surface area (Å²) in [4.78, 5) is 21.1. The van der Waals surface area contributed by atoms with Crippen LogP contribution in [0.5, 0.6) is 0 Å². The number of carbonyl (C=O) groups excluding carboxylic acids is 1. The van der Waals surface area contributed by atoms with Gasteiger partial charge in [-0.15, -0.1) is 11.3 Å². The minimum atomic E-state index is -0.121. The molecule has 0 aliphatic carbocycles. The Morgan fingerprint density at radius 3 is 2.68 bits per heavy atom. The first-order chi connectivity index (χ1) is 10.6.